The van der Waals surface area contributed by atoms with Crippen LogP contribution in [-0.2, 0) is 0 Å². The highest BCUT2D eigenvalue weighted by Gasteiger charge is 2.02. The average Bonchev–Trinajstić information content (AvgIpc) is 1.84. The highest BCUT2D eigenvalue weighted by molar-refractivity contribution is 9.11. The zero-order valence-electron chi connectivity index (χ0n) is 4.67. The molecule has 54 valence electrons. The lowest BCUT2D eigenvalue weighted by atomic mass is 10.3. The molecule has 0 aromatic heterocycles. The van der Waals surface area contributed by atoms with Gasteiger partial charge in [0.15, 0.2) is 0 Å². The maximum atomic E-state index is 12.6. The van der Waals surface area contributed by atoms with Crippen LogP contribution < -0.4 is 0 Å². The molecule has 0 radical (unpaired) electrons. The fourth-order valence-electron chi connectivity index (χ4n) is 0.498. The van der Waals surface area contributed by atoms with Crippen molar-refractivity contribution in [2.75, 3.05) is 0 Å². The van der Waals surface area contributed by atoms with E-state index in [1.807, 2.05) is 0 Å². The summed E-state index contributed by atoms with van der Waals surface area (Å²) in [6.45, 7) is 0. The van der Waals surface area contributed by atoms with Crippen molar-refractivity contribution >= 4 is 43.5 Å². The Morgan fingerprint density at radius 2 is 1.80 bits per heavy atom. The van der Waals surface area contributed by atoms with Crippen LogP contribution >= 0.6 is 43.5 Å². The maximum Gasteiger partial charge on any atom is 0.138 e. The molecule has 0 fully saturated rings. The Balaban J connectivity index is 3.28. The SMILES string of the molecule is Fc1cc(Cl)c(Br)cc1Br. The molecule has 10 heavy (non-hydrogen) atoms. The Morgan fingerprint density at radius 3 is 2.30 bits per heavy atom. The standard InChI is InChI=1S/C6H2Br2ClF/c7-3-1-4(8)6(10)2-5(3)9/h1-2H. The smallest absolute Gasteiger partial charge is 0.138 e. The van der Waals surface area contributed by atoms with Gasteiger partial charge in [0, 0.05) is 4.47 Å². The van der Waals surface area contributed by atoms with E-state index in [-0.39, 0.29) is 5.82 Å². The first-order valence-electron chi connectivity index (χ1n) is 2.41. The first kappa shape index (κ1) is 8.50. The van der Waals surface area contributed by atoms with Crippen molar-refractivity contribution in [3.63, 3.8) is 0 Å². The second-order valence-corrected chi connectivity index (χ2v) is 3.80. The van der Waals surface area contributed by atoms with Crippen molar-refractivity contribution in [1.82, 2.24) is 0 Å². The van der Waals surface area contributed by atoms with E-state index in [4.69, 9.17) is 11.6 Å². The first-order valence-corrected chi connectivity index (χ1v) is 4.37. The van der Waals surface area contributed by atoms with Gasteiger partial charge in [-0.05, 0) is 44.0 Å². The Kier molecular flexibility index (Phi) is 2.72. The van der Waals surface area contributed by atoms with Crippen molar-refractivity contribution in [3.05, 3.63) is 31.9 Å². The van der Waals surface area contributed by atoms with Gasteiger partial charge in [-0.3, -0.25) is 0 Å². The van der Waals surface area contributed by atoms with Crippen molar-refractivity contribution < 1.29 is 4.39 Å². The fourth-order valence-corrected chi connectivity index (χ4v) is 1.64. The molecule has 0 amide bonds. The summed E-state index contributed by atoms with van der Waals surface area (Å²) in [6.07, 6.45) is 0. The van der Waals surface area contributed by atoms with Gasteiger partial charge >= 0.3 is 0 Å². The number of hydrogen-bond acceptors (Lipinski definition) is 0. The van der Waals surface area contributed by atoms with Gasteiger partial charge in [-0.25, -0.2) is 4.39 Å². The Bertz CT molecular complexity index is 212. The molecule has 0 bridgehead atoms. The van der Waals surface area contributed by atoms with E-state index in [9.17, 15) is 4.39 Å². The molecule has 0 saturated heterocycles. The molecular weight excluding hydrogens is 286 g/mol. The van der Waals surface area contributed by atoms with E-state index in [1.54, 1.807) is 6.07 Å². The third kappa shape index (κ3) is 1.71. The van der Waals surface area contributed by atoms with Gasteiger partial charge in [-0.1, -0.05) is 11.6 Å². The van der Waals surface area contributed by atoms with Crippen molar-refractivity contribution in [2.24, 2.45) is 0 Å². The minimum absolute atomic E-state index is 0.354. The highest BCUT2D eigenvalue weighted by Crippen LogP contribution is 2.28. The van der Waals surface area contributed by atoms with E-state index >= 15 is 0 Å². The van der Waals surface area contributed by atoms with E-state index < -0.39 is 0 Å². The fraction of sp³-hybridized carbons (Fsp3) is 0. The zero-order valence-corrected chi connectivity index (χ0v) is 8.59. The molecule has 1 rings (SSSR count). The Labute approximate surface area is 79.6 Å². The number of halogens is 4. The third-order valence-corrected chi connectivity index (χ3v) is 2.77. The third-order valence-electron chi connectivity index (χ3n) is 0.963. The van der Waals surface area contributed by atoms with Crippen LogP contribution in [0.3, 0.4) is 0 Å². The van der Waals surface area contributed by atoms with Crippen LogP contribution in [0, 0.1) is 5.82 Å². The lowest BCUT2D eigenvalue weighted by Crippen LogP contribution is -1.77. The largest absolute Gasteiger partial charge is 0.206 e. The summed E-state index contributed by atoms with van der Waals surface area (Å²) in [5, 5.41) is 0.376. The molecule has 0 aliphatic rings. The van der Waals surface area contributed by atoms with Gasteiger partial charge in [0.05, 0.1) is 9.50 Å². The van der Waals surface area contributed by atoms with Gasteiger partial charge in [0.25, 0.3) is 0 Å². The summed E-state index contributed by atoms with van der Waals surface area (Å²) in [5.74, 6) is -0.354. The second kappa shape index (κ2) is 3.20. The van der Waals surface area contributed by atoms with Gasteiger partial charge < -0.3 is 0 Å². The topological polar surface area (TPSA) is 0 Å². The molecule has 0 aliphatic carbocycles. The summed E-state index contributed by atoms with van der Waals surface area (Å²) in [6, 6.07) is 2.81. The number of rotatable bonds is 0. The van der Waals surface area contributed by atoms with Crippen LogP contribution in [0.1, 0.15) is 0 Å². The average molecular weight is 288 g/mol. The van der Waals surface area contributed by atoms with Crippen molar-refractivity contribution in [1.29, 1.82) is 0 Å². The van der Waals surface area contributed by atoms with Crippen molar-refractivity contribution in [3.8, 4) is 0 Å². The molecule has 0 unspecified atom stereocenters. The summed E-state index contributed by atoms with van der Waals surface area (Å²) in [7, 11) is 0. The van der Waals surface area contributed by atoms with Crippen LogP contribution in [0.25, 0.3) is 0 Å². The number of hydrogen-bond donors (Lipinski definition) is 0. The predicted octanol–water partition coefficient (Wildman–Crippen LogP) is 4.00. The predicted molar refractivity (Wildman–Crippen MR) is 46.8 cm³/mol. The molecule has 1 aromatic rings. The molecule has 0 heterocycles. The number of benzene rings is 1. The minimum Gasteiger partial charge on any atom is -0.206 e. The van der Waals surface area contributed by atoms with Crippen molar-refractivity contribution in [2.45, 2.75) is 0 Å². The normalized spacial score (nSPS) is 10.0. The maximum absolute atomic E-state index is 12.6. The second-order valence-electron chi connectivity index (χ2n) is 1.68. The van der Waals surface area contributed by atoms with Gasteiger partial charge in [0.2, 0.25) is 0 Å². The van der Waals surface area contributed by atoms with E-state index in [2.05, 4.69) is 31.9 Å². The van der Waals surface area contributed by atoms with E-state index in [1.165, 1.54) is 6.07 Å². The molecule has 0 aliphatic heterocycles. The molecule has 0 spiro atoms. The first-order chi connectivity index (χ1) is 4.61. The molecule has 0 N–H and O–H groups in total. The molecule has 1 aromatic carbocycles. The molecule has 4 heteroatoms. The molecule has 0 nitrogen and oxygen atoms in total. The van der Waals surface area contributed by atoms with E-state index in [0.29, 0.717) is 14.0 Å². The van der Waals surface area contributed by atoms with Gasteiger partial charge in [-0.15, -0.1) is 0 Å². The summed E-state index contributed by atoms with van der Waals surface area (Å²) >= 11 is 11.7. The monoisotopic (exact) mass is 286 g/mol. The zero-order chi connectivity index (χ0) is 7.72. The van der Waals surface area contributed by atoms with Crippen LogP contribution in [0.2, 0.25) is 5.02 Å². The quantitative estimate of drug-likeness (QED) is 0.633. The van der Waals surface area contributed by atoms with Crippen LogP contribution in [0.4, 0.5) is 4.39 Å². The Hall–Kier alpha value is 0.400. The summed E-state index contributed by atoms with van der Waals surface area (Å²) in [5.41, 5.74) is 0. The van der Waals surface area contributed by atoms with Gasteiger partial charge in [0.1, 0.15) is 5.82 Å². The highest BCUT2D eigenvalue weighted by atomic mass is 79.9. The summed E-state index contributed by atoms with van der Waals surface area (Å²) < 4.78 is 13.7. The summed E-state index contributed by atoms with van der Waals surface area (Å²) in [4.78, 5) is 0. The molecule has 0 atom stereocenters. The Morgan fingerprint density at radius 1 is 1.20 bits per heavy atom. The van der Waals surface area contributed by atoms with E-state index in [0.717, 1.165) is 0 Å². The molecule has 0 saturated carbocycles. The van der Waals surface area contributed by atoms with Crippen LogP contribution in [-0.4, -0.2) is 0 Å². The lowest BCUT2D eigenvalue weighted by molar-refractivity contribution is 0.621. The minimum atomic E-state index is -0.354. The van der Waals surface area contributed by atoms with Crippen LogP contribution in [0.15, 0.2) is 21.1 Å². The van der Waals surface area contributed by atoms with Crippen LogP contribution in [0.5, 0.6) is 0 Å². The lowest BCUT2D eigenvalue weighted by Gasteiger charge is -1.96. The van der Waals surface area contributed by atoms with Gasteiger partial charge in [-0.2, -0.15) is 0 Å². The molecular formula is C6H2Br2ClF.